The maximum atomic E-state index is 11.2. The topological polar surface area (TPSA) is 35.5 Å². The van der Waals surface area contributed by atoms with Gasteiger partial charge in [-0.3, -0.25) is 4.79 Å². The van der Waals surface area contributed by atoms with Gasteiger partial charge < -0.3 is 9.47 Å². The van der Waals surface area contributed by atoms with E-state index in [0.717, 1.165) is 11.1 Å². The third kappa shape index (κ3) is 4.38. The summed E-state index contributed by atoms with van der Waals surface area (Å²) in [6, 6.07) is 12.6. The molecule has 21 heavy (non-hydrogen) atoms. The van der Waals surface area contributed by atoms with Crippen molar-refractivity contribution < 1.29 is 14.3 Å². The molecular formula is C16H14Cl2O3. The van der Waals surface area contributed by atoms with Gasteiger partial charge in [-0.1, -0.05) is 41.4 Å². The van der Waals surface area contributed by atoms with Gasteiger partial charge in [0.05, 0.1) is 13.5 Å². The first-order valence-corrected chi connectivity index (χ1v) is 7.07. The molecule has 0 N–H and O–H groups in total. The van der Waals surface area contributed by atoms with Gasteiger partial charge in [-0.15, -0.1) is 0 Å². The minimum atomic E-state index is -0.272. The summed E-state index contributed by atoms with van der Waals surface area (Å²) in [6.07, 6.45) is 0.243. The minimum absolute atomic E-state index is 0.243. The Hall–Kier alpha value is -1.71. The van der Waals surface area contributed by atoms with E-state index in [2.05, 4.69) is 4.74 Å². The average Bonchev–Trinajstić information content (AvgIpc) is 2.48. The second-order valence-corrected chi connectivity index (χ2v) is 5.20. The number of hydrogen-bond donors (Lipinski definition) is 0. The number of benzene rings is 2. The van der Waals surface area contributed by atoms with Gasteiger partial charge in [0.25, 0.3) is 0 Å². The molecule has 110 valence electrons. The zero-order valence-corrected chi connectivity index (χ0v) is 12.9. The van der Waals surface area contributed by atoms with Crippen LogP contribution in [0.3, 0.4) is 0 Å². The molecular weight excluding hydrogens is 311 g/mol. The van der Waals surface area contributed by atoms with Gasteiger partial charge in [-0.05, 0) is 29.8 Å². The third-order valence-corrected chi connectivity index (χ3v) is 3.65. The monoisotopic (exact) mass is 324 g/mol. The Labute approximate surface area is 133 Å². The quantitative estimate of drug-likeness (QED) is 0.770. The van der Waals surface area contributed by atoms with Crippen molar-refractivity contribution in [2.45, 2.75) is 13.0 Å². The van der Waals surface area contributed by atoms with Crippen molar-refractivity contribution in [3.05, 3.63) is 63.6 Å². The van der Waals surface area contributed by atoms with Crippen LogP contribution in [-0.4, -0.2) is 13.1 Å². The maximum Gasteiger partial charge on any atom is 0.309 e. The van der Waals surface area contributed by atoms with E-state index >= 15 is 0 Å². The standard InChI is InChI=1S/C16H14Cl2O3/c1-20-16(19)9-11-5-7-12(8-6-11)21-10-13-14(17)3-2-4-15(13)18/h2-8H,9-10H2,1H3. The Kier molecular flexibility index (Phi) is 5.48. The zero-order valence-electron chi connectivity index (χ0n) is 11.4. The lowest BCUT2D eigenvalue weighted by atomic mass is 10.1. The fraction of sp³-hybridized carbons (Fsp3) is 0.188. The molecule has 0 saturated carbocycles. The van der Waals surface area contributed by atoms with Gasteiger partial charge in [0.1, 0.15) is 12.4 Å². The molecule has 0 radical (unpaired) electrons. The van der Waals surface area contributed by atoms with Crippen LogP contribution in [-0.2, 0) is 22.6 Å². The van der Waals surface area contributed by atoms with Crippen LogP contribution in [0.2, 0.25) is 10.0 Å². The lowest BCUT2D eigenvalue weighted by Crippen LogP contribution is -2.04. The summed E-state index contributed by atoms with van der Waals surface area (Å²) in [5, 5.41) is 1.15. The third-order valence-electron chi connectivity index (χ3n) is 2.94. The van der Waals surface area contributed by atoms with Gasteiger partial charge in [0, 0.05) is 15.6 Å². The van der Waals surface area contributed by atoms with Crippen molar-refractivity contribution in [1.82, 2.24) is 0 Å². The summed E-state index contributed by atoms with van der Waals surface area (Å²) < 4.78 is 10.3. The first-order valence-electron chi connectivity index (χ1n) is 6.31. The molecule has 0 saturated heterocycles. The summed E-state index contributed by atoms with van der Waals surface area (Å²) in [5.74, 6) is 0.408. The van der Waals surface area contributed by atoms with Crippen molar-refractivity contribution >= 4 is 29.2 Å². The average molecular weight is 325 g/mol. The Morgan fingerprint density at radius 3 is 2.24 bits per heavy atom. The molecule has 0 aromatic heterocycles. The molecule has 2 rings (SSSR count). The van der Waals surface area contributed by atoms with E-state index < -0.39 is 0 Å². The van der Waals surface area contributed by atoms with Gasteiger partial charge in [-0.2, -0.15) is 0 Å². The predicted molar refractivity (Wildman–Crippen MR) is 83.0 cm³/mol. The molecule has 3 nitrogen and oxygen atoms in total. The molecule has 0 unspecified atom stereocenters. The Morgan fingerprint density at radius 1 is 1.05 bits per heavy atom. The molecule has 2 aromatic carbocycles. The van der Waals surface area contributed by atoms with E-state index in [1.807, 2.05) is 12.1 Å². The summed E-state index contributed by atoms with van der Waals surface area (Å²) in [6.45, 7) is 0.287. The fourth-order valence-corrected chi connectivity index (χ4v) is 2.27. The molecule has 5 heteroatoms. The highest BCUT2D eigenvalue weighted by Crippen LogP contribution is 2.25. The second kappa shape index (κ2) is 7.34. The molecule has 0 aliphatic heterocycles. The lowest BCUT2D eigenvalue weighted by molar-refractivity contribution is -0.139. The lowest BCUT2D eigenvalue weighted by Gasteiger charge is -2.10. The van der Waals surface area contributed by atoms with E-state index in [0.29, 0.717) is 15.8 Å². The molecule has 0 fully saturated rings. The van der Waals surface area contributed by atoms with Crippen molar-refractivity contribution in [2.24, 2.45) is 0 Å². The molecule has 0 heterocycles. The first-order chi connectivity index (χ1) is 10.1. The van der Waals surface area contributed by atoms with E-state index in [-0.39, 0.29) is 19.0 Å². The Bertz CT molecular complexity index is 604. The SMILES string of the molecule is COC(=O)Cc1ccc(OCc2c(Cl)cccc2Cl)cc1. The molecule has 2 aromatic rings. The largest absolute Gasteiger partial charge is 0.489 e. The predicted octanol–water partition coefficient (Wildman–Crippen LogP) is 4.29. The van der Waals surface area contributed by atoms with E-state index in [1.165, 1.54) is 7.11 Å². The minimum Gasteiger partial charge on any atom is -0.489 e. The van der Waals surface area contributed by atoms with Crippen molar-refractivity contribution in [3.8, 4) is 5.75 Å². The van der Waals surface area contributed by atoms with Gasteiger partial charge in [-0.25, -0.2) is 0 Å². The number of ether oxygens (including phenoxy) is 2. The number of methoxy groups -OCH3 is 1. The number of carbonyl (C=O) groups is 1. The maximum absolute atomic E-state index is 11.2. The number of esters is 1. The van der Waals surface area contributed by atoms with Crippen molar-refractivity contribution in [2.75, 3.05) is 7.11 Å². The molecule has 0 amide bonds. The highest BCUT2D eigenvalue weighted by Gasteiger charge is 2.07. The van der Waals surface area contributed by atoms with E-state index in [4.69, 9.17) is 27.9 Å². The van der Waals surface area contributed by atoms with Crippen LogP contribution < -0.4 is 4.74 Å². The van der Waals surface area contributed by atoms with Crippen LogP contribution in [0.5, 0.6) is 5.75 Å². The van der Waals surface area contributed by atoms with Crippen molar-refractivity contribution in [3.63, 3.8) is 0 Å². The highest BCUT2D eigenvalue weighted by atomic mass is 35.5. The zero-order chi connectivity index (χ0) is 15.2. The Balaban J connectivity index is 1.99. The summed E-state index contributed by atoms with van der Waals surface area (Å²) in [5.41, 5.74) is 1.62. The van der Waals surface area contributed by atoms with Crippen molar-refractivity contribution in [1.29, 1.82) is 0 Å². The van der Waals surface area contributed by atoms with Crippen LogP contribution in [0.25, 0.3) is 0 Å². The van der Waals surface area contributed by atoms with Gasteiger partial charge in [0.2, 0.25) is 0 Å². The molecule has 0 aliphatic rings. The summed E-state index contributed by atoms with van der Waals surface area (Å²) in [7, 11) is 1.37. The molecule has 0 spiro atoms. The molecule has 0 bridgehead atoms. The normalized spacial score (nSPS) is 10.2. The fourth-order valence-electron chi connectivity index (χ4n) is 1.77. The van der Waals surface area contributed by atoms with Crippen LogP contribution in [0.1, 0.15) is 11.1 Å². The summed E-state index contributed by atoms with van der Waals surface area (Å²) in [4.78, 5) is 11.2. The summed E-state index contributed by atoms with van der Waals surface area (Å²) >= 11 is 12.2. The smallest absolute Gasteiger partial charge is 0.309 e. The molecule has 0 atom stereocenters. The first kappa shape index (κ1) is 15.7. The number of halogens is 2. The van der Waals surface area contributed by atoms with E-state index in [9.17, 15) is 4.79 Å². The molecule has 0 aliphatic carbocycles. The van der Waals surface area contributed by atoms with E-state index in [1.54, 1.807) is 30.3 Å². The van der Waals surface area contributed by atoms with Gasteiger partial charge in [0.15, 0.2) is 0 Å². The Morgan fingerprint density at radius 2 is 1.67 bits per heavy atom. The van der Waals surface area contributed by atoms with Crippen LogP contribution in [0.15, 0.2) is 42.5 Å². The second-order valence-electron chi connectivity index (χ2n) is 4.39. The number of carbonyl (C=O) groups excluding carboxylic acids is 1. The number of hydrogen-bond acceptors (Lipinski definition) is 3. The number of rotatable bonds is 5. The highest BCUT2D eigenvalue weighted by molar-refractivity contribution is 6.35. The van der Waals surface area contributed by atoms with Crippen LogP contribution in [0, 0.1) is 0 Å². The van der Waals surface area contributed by atoms with Gasteiger partial charge >= 0.3 is 5.97 Å². The van der Waals surface area contributed by atoms with Crippen LogP contribution in [0.4, 0.5) is 0 Å². The van der Waals surface area contributed by atoms with Crippen LogP contribution >= 0.6 is 23.2 Å².